The smallest absolute Gasteiger partial charge is 0.292 e. The number of carbonyl (C=O) groups excluding carboxylic acids is 1. The van der Waals surface area contributed by atoms with Gasteiger partial charge in [-0.25, -0.2) is 0 Å². The minimum Gasteiger partial charge on any atom is -0.292 e. The van der Waals surface area contributed by atoms with Crippen molar-refractivity contribution in [2.75, 3.05) is 0 Å². The van der Waals surface area contributed by atoms with Gasteiger partial charge in [0.2, 0.25) is 0 Å². The van der Waals surface area contributed by atoms with E-state index < -0.39 is 11.7 Å². The van der Waals surface area contributed by atoms with Gasteiger partial charge in [0, 0.05) is 19.7 Å². The van der Waals surface area contributed by atoms with E-state index in [4.69, 9.17) is 0 Å². The highest BCUT2D eigenvalue weighted by atomic mass is 19.4. The van der Waals surface area contributed by atoms with E-state index in [9.17, 15) is 18.0 Å². The predicted molar refractivity (Wildman–Crippen MR) is 62.7 cm³/mol. The molecule has 0 fully saturated rings. The third-order valence-electron chi connectivity index (χ3n) is 2.65. The summed E-state index contributed by atoms with van der Waals surface area (Å²) in [6.07, 6.45) is -2.68. The first-order chi connectivity index (χ1) is 8.86. The molecule has 100 valence electrons. The molecule has 1 aromatic carbocycles. The maximum atomic E-state index is 12.4. The molecule has 0 N–H and O–H groups in total. The Morgan fingerprint density at radius 2 is 1.84 bits per heavy atom. The molecule has 0 bridgehead atoms. The van der Waals surface area contributed by atoms with Crippen molar-refractivity contribution in [3.05, 3.63) is 53.3 Å². The standard InChI is InChI=1S/C13H11F3N2O/c1-18-7-6-11(17-18)12(19)8-9-2-4-10(5-3-9)13(14,15)16/h2-7H,8H2,1H3. The maximum absolute atomic E-state index is 12.4. The summed E-state index contributed by atoms with van der Waals surface area (Å²) >= 11 is 0. The molecule has 1 aromatic heterocycles. The Labute approximate surface area is 107 Å². The van der Waals surface area contributed by atoms with Crippen LogP contribution in [-0.2, 0) is 19.6 Å². The van der Waals surface area contributed by atoms with E-state index in [0.29, 0.717) is 11.3 Å². The fraction of sp³-hybridized carbons (Fsp3) is 0.231. The molecule has 1 heterocycles. The number of hydrogen-bond donors (Lipinski definition) is 0. The van der Waals surface area contributed by atoms with E-state index in [1.54, 1.807) is 19.3 Å². The Bertz CT molecular complexity index is 585. The molecule has 0 unspecified atom stereocenters. The van der Waals surface area contributed by atoms with Gasteiger partial charge in [-0.2, -0.15) is 18.3 Å². The van der Waals surface area contributed by atoms with Crippen LogP contribution in [-0.4, -0.2) is 15.6 Å². The Balaban J connectivity index is 2.10. The lowest BCUT2D eigenvalue weighted by Crippen LogP contribution is -2.07. The molecule has 0 amide bonds. The molecule has 3 nitrogen and oxygen atoms in total. The monoisotopic (exact) mass is 268 g/mol. The molecule has 0 aliphatic carbocycles. The molecule has 0 radical (unpaired) electrons. The minimum atomic E-state index is -4.36. The van der Waals surface area contributed by atoms with Crippen LogP contribution in [0.15, 0.2) is 36.5 Å². The zero-order valence-electron chi connectivity index (χ0n) is 10.1. The van der Waals surface area contributed by atoms with E-state index >= 15 is 0 Å². The zero-order valence-corrected chi connectivity index (χ0v) is 10.1. The second-order valence-corrected chi connectivity index (χ2v) is 4.17. The molecule has 0 aliphatic heterocycles. The third kappa shape index (κ3) is 3.21. The summed E-state index contributed by atoms with van der Waals surface area (Å²) in [6, 6.07) is 6.14. The summed E-state index contributed by atoms with van der Waals surface area (Å²) in [6.45, 7) is 0. The van der Waals surface area contributed by atoms with Crippen LogP contribution in [0.2, 0.25) is 0 Å². The Kier molecular flexibility index (Phi) is 3.42. The second kappa shape index (κ2) is 4.87. The number of rotatable bonds is 3. The van der Waals surface area contributed by atoms with Gasteiger partial charge < -0.3 is 0 Å². The summed E-state index contributed by atoms with van der Waals surface area (Å²) < 4.78 is 38.6. The van der Waals surface area contributed by atoms with Crippen LogP contribution in [0.3, 0.4) is 0 Å². The van der Waals surface area contributed by atoms with Gasteiger partial charge in [-0.15, -0.1) is 0 Å². The molecule has 0 saturated heterocycles. The quantitative estimate of drug-likeness (QED) is 0.802. The number of alkyl halides is 3. The minimum absolute atomic E-state index is 0.0369. The summed E-state index contributed by atoms with van der Waals surface area (Å²) in [7, 11) is 1.69. The van der Waals surface area contributed by atoms with Crippen LogP contribution >= 0.6 is 0 Å². The number of aryl methyl sites for hydroxylation is 1. The Hall–Kier alpha value is -2.11. The van der Waals surface area contributed by atoms with Gasteiger partial charge in [-0.3, -0.25) is 9.48 Å². The second-order valence-electron chi connectivity index (χ2n) is 4.17. The molecular weight excluding hydrogens is 257 g/mol. The third-order valence-corrected chi connectivity index (χ3v) is 2.65. The van der Waals surface area contributed by atoms with Gasteiger partial charge in [-0.05, 0) is 23.8 Å². The number of aromatic nitrogens is 2. The van der Waals surface area contributed by atoms with Gasteiger partial charge in [0.05, 0.1) is 5.56 Å². The number of halogens is 3. The van der Waals surface area contributed by atoms with Crippen molar-refractivity contribution in [3.63, 3.8) is 0 Å². The number of hydrogen-bond acceptors (Lipinski definition) is 2. The van der Waals surface area contributed by atoms with Gasteiger partial charge in [0.1, 0.15) is 5.69 Å². The first-order valence-corrected chi connectivity index (χ1v) is 5.55. The van der Waals surface area contributed by atoms with Gasteiger partial charge >= 0.3 is 6.18 Å². The number of ketones is 1. The van der Waals surface area contributed by atoms with Gasteiger partial charge in [0.15, 0.2) is 5.78 Å². The largest absolute Gasteiger partial charge is 0.416 e. The molecule has 0 saturated carbocycles. The maximum Gasteiger partial charge on any atom is 0.416 e. The Morgan fingerprint density at radius 3 is 2.32 bits per heavy atom. The van der Waals surface area contributed by atoms with Crippen LogP contribution < -0.4 is 0 Å². The molecule has 0 spiro atoms. The lowest BCUT2D eigenvalue weighted by Gasteiger charge is -2.06. The fourth-order valence-corrected chi connectivity index (χ4v) is 1.65. The average Bonchev–Trinajstić information content (AvgIpc) is 2.75. The highest BCUT2D eigenvalue weighted by molar-refractivity contribution is 5.95. The summed E-state index contributed by atoms with van der Waals surface area (Å²) in [5.41, 5.74) is 0.118. The van der Waals surface area contributed by atoms with E-state index in [1.165, 1.54) is 16.8 Å². The summed E-state index contributed by atoms with van der Waals surface area (Å²) in [5.74, 6) is -0.222. The van der Waals surface area contributed by atoms with Crippen LogP contribution in [0.5, 0.6) is 0 Å². The summed E-state index contributed by atoms with van der Waals surface area (Å²) in [5, 5.41) is 3.95. The van der Waals surface area contributed by atoms with Crippen LogP contribution in [0.4, 0.5) is 13.2 Å². The van der Waals surface area contributed by atoms with Crippen LogP contribution in [0, 0.1) is 0 Å². The Morgan fingerprint density at radius 1 is 1.21 bits per heavy atom. The molecule has 2 aromatic rings. The highest BCUT2D eigenvalue weighted by Gasteiger charge is 2.29. The number of carbonyl (C=O) groups is 1. The van der Waals surface area contributed by atoms with E-state index in [2.05, 4.69) is 5.10 Å². The van der Waals surface area contributed by atoms with Gasteiger partial charge in [-0.1, -0.05) is 12.1 Å². The van der Waals surface area contributed by atoms with Crippen molar-refractivity contribution >= 4 is 5.78 Å². The highest BCUT2D eigenvalue weighted by Crippen LogP contribution is 2.29. The number of Topliss-reactive ketones (excluding diaryl/α,β-unsaturated/α-hetero) is 1. The SMILES string of the molecule is Cn1ccc(C(=O)Cc2ccc(C(F)(F)F)cc2)n1. The van der Waals surface area contributed by atoms with Crippen LogP contribution in [0.25, 0.3) is 0 Å². The normalized spacial score (nSPS) is 11.6. The predicted octanol–water partition coefficient (Wildman–Crippen LogP) is 2.86. The van der Waals surface area contributed by atoms with Crippen molar-refractivity contribution in [3.8, 4) is 0 Å². The fourth-order valence-electron chi connectivity index (χ4n) is 1.65. The number of benzene rings is 1. The van der Waals surface area contributed by atoms with E-state index in [1.807, 2.05) is 0 Å². The van der Waals surface area contributed by atoms with Crippen molar-refractivity contribution in [1.82, 2.24) is 9.78 Å². The molecule has 2 rings (SSSR count). The number of nitrogens with zero attached hydrogens (tertiary/aromatic N) is 2. The van der Waals surface area contributed by atoms with Gasteiger partial charge in [0.25, 0.3) is 0 Å². The topological polar surface area (TPSA) is 34.9 Å². The average molecular weight is 268 g/mol. The molecule has 6 heteroatoms. The van der Waals surface area contributed by atoms with Crippen molar-refractivity contribution in [1.29, 1.82) is 0 Å². The molecule has 0 aliphatic rings. The first kappa shape index (κ1) is 13.3. The summed E-state index contributed by atoms with van der Waals surface area (Å²) in [4.78, 5) is 11.8. The lowest BCUT2D eigenvalue weighted by atomic mass is 10.1. The molecule has 0 atom stereocenters. The molecular formula is C13H11F3N2O. The first-order valence-electron chi connectivity index (χ1n) is 5.55. The van der Waals surface area contributed by atoms with Crippen molar-refractivity contribution in [2.45, 2.75) is 12.6 Å². The van der Waals surface area contributed by atoms with Crippen LogP contribution in [0.1, 0.15) is 21.6 Å². The van der Waals surface area contributed by atoms with E-state index in [-0.39, 0.29) is 12.2 Å². The van der Waals surface area contributed by atoms with Crippen molar-refractivity contribution in [2.24, 2.45) is 7.05 Å². The zero-order chi connectivity index (χ0) is 14.0. The van der Waals surface area contributed by atoms with E-state index in [0.717, 1.165) is 12.1 Å². The lowest BCUT2D eigenvalue weighted by molar-refractivity contribution is -0.137. The van der Waals surface area contributed by atoms with Crippen molar-refractivity contribution < 1.29 is 18.0 Å². The molecule has 19 heavy (non-hydrogen) atoms.